The largest absolute Gasteiger partial charge is 0.486 e. The van der Waals surface area contributed by atoms with Crippen LogP contribution in [0.4, 0.5) is 5.69 Å². The third kappa shape index (κ3) is 3.57. The molecule has 0 N–H and O–H groups in total. The summed E-state index contributed by atoms with van der Waals surface area (Å²) in [6.45, 7) is 4.52. The number of sulfonamides is 1. The average Bonchev–Trinajstić information content (AvgIpc) is 2.68. The van der Waals surface area contributed by atoms with E-state index < -0.39 is 16.0 Å². The molecule has 0 saturated heterocycles. The monoisotopic (exact) mass is 391 g/mol. The third-order valence-electron chi connectivity index (χ3n) is 4.29. The maximum absolute atomic E-state index is 13.3. The van der Waals surface area contributed by atoms with Gasteiger partial charge in [0.15, 0.2) is 11.5 Å². The van der Waals surface area contributed by atoms with Crippen LogP contribution >= 0.6 is 0 Å². The number of benzene rings is 2. The summed E-state index contributed by atoms with van der Waals surface area (Å²) >= 11 is 0. The molecule has 0 saturated carbocycles. The topological polar surface area (TPSA) is 82.1 Å². The Balaban J connectivity index is 2.06. The van der Waals surface area contributed by atoms with E-state index in [1.54, 1.807) is 32.0 Å². The molecule has 0 fully saturated rings. The Morgan fingerprint density at radius 2 is 1.81 bits per heavy atom. The normalized spacial score (nSPS) is 13.1. The molecule has 0 aromatic heterocycles. The van der Waals surface area contributed by atoms with Crippen LogP contribution in [0.2, 0.25) is 0 Å². The number of carbonyl (C=O) groups excluding carboxylic acids is 1. The molecule has 3 rings (SSSR count). The Morgan fingerprint density at radius 1 is 1.11 bits per heavy atom. The summed E-state index contributed by atoms with van der Waals surface area (Å²) < 4.78 is 43.5. The van der Waals surface area contributed by atoms with Crippen molar-refractivity contribution in [2.75, 3.05) is 31.2 Å². The van der Waals surface area contributed by atoms with Crippen LogP contribution < -0.4 is 13.8 Å². The second kappa shape index (κ2) is 7.48. The van der Waals surface area contributed by atoms with Gasteiger partial charge in [0, 0.05) is 12.6 Å². The number of methoxy groups -OCH3 is 1. The predicted octanol–water partition coefficient (Wildman–Crippen LogP) is 2.77. The van der Waals surface area contributed by atoms with Crippen LogP contribution in [-0.4, -0.2) is 41.3 Å². The van der Waals surface area contributed by atoms with Crippen molar-refractivity contribution in [2.45, 2.75) is 18.7 Å². The molecule has 8 heteroatoms. The lowest BCUT2D eigenvalue weighted by Crippen LogP contribution is -2.31. The lowest BCUT2D eigenvalue weighted by atomic mass is 10.1. The second-order valence-corrected chi connectivity index (χ2v) is 7.83. The van der Waals surface area contributed by atoms with Gasteiger partial charge >= 0.3 is 5.97 Å². The molecular weight excluding hydrogens is 370 g/mol. The van der Waals surface area contributed by atoms with Crippen LogP contribution in [0.25, 0.3) is 0 Å². The molecule has 0 spiro atoms. The highest BCUT2D eigenvalue weighted by Crippen LogP contribution is 2.35. The third-order valence-corrected chi connectivity index (χ3v) is 6.17. The van der Waals surface area contributed by atoms with E-state index in [2.05, 4.69) is 0 Å². The molecule has 27 heavy (non-hydrogen) atoms. The van der Waals surface area contributed by atoms with E-state index in [0.717, 1.165) is 5.56 Å². The number of nitrogens with zero attached hydrogens (tertiary/aromatic N) is 1. The Morgan fingerprint density at radius 3 is 2.48 bits per heavy atom. The van der Waals surface area contributed by atoms with Crippen molar-refractivity contribution in [1.82, 2.24) is 0 Å². The van der Waals surface area contributed by atoms with E-state index in [1.165, 1.54) is 29.6 Å². The number of fused-ring (bicyclic) bond motifs is 1. The molecule has 0 radical (unpaired) electrons. The zero-order valence-electron chi connectivity index (χ0n) is 15.4. The summed E-state index contributed by atoms with van der Waals surface area (Å²) in [5.41, 5.74) is 1.44. The van der Waals surface area contributed by atoms with E-state index in [9.17, 15) is 13.2 Å². The quantitative estimate of drug-likeness (QED) is 0.729. The second-order valence-electron chi connectivity index (χ2n) is 5.97. The molecule has 0 atom stereocenters. The molecule has 0 bridgehead atoms. The zero-order valence-corrected chi connectivity index (χ0v) is 16.2. The molecule has 2 aromatic carbocycles. The Kier molecular flexibility index (Phi) is 5.27. The number of anilines is 1. The number of carbonyl (C=O) groups is 1. The van der Waals surface area contributed by atoms with Crippen molar-refractivity contribution < 1.29 is 27.4 Å². The van der Waals surface area contributed by atoms with Crippen LogP contribution in [0.15, 0.2) is 41.3 Å². The number of ether oxygens (including phenoxy) is 3. The fourth-order valence-electron chi connectivity index (χ4n) is 2.90. The molecule has 144 valence electrons. The van der Waals surface area contributed by atoms with Gasteiger partial charge in [-0.05, 0) is 43.7 Å². The predicted molar refractivity (Wildman–Crippen MR) is 100 cm³/mol. The standard InChI is InChI=1S/C19H21NO6S/c1-4-20(16-11-14(19(21)24-3)6-5-13(16)2)27(22,23)15-7-8-17-18(12-15)26-10-9-25-17/h5-8,11-12H,4,9-10H2,1-3H3. The summed E-state index contributed by atoms with van der Waals surface area (Å²) in [6, 6.07) is 9.38. The highest BCUT2D eigenvalue weighted by molar-refractivity contribution is 7.92. The molecule has 0 aliphatic carbocycles. The summed E-state index contributed by atoms with van der Waals surface area (Å²) in [6.07, 6.45) is 0. The first-order valence-corrected chi connectivity index (χ1v) is 9.94. The van der Waals surface area contributed by atoms with Gasteiger partial charge < -0.3 is 14.2 Å². The SMILES string of the molecule is CCN(c1cc(C(=O)OC)ccc1C)S(=O)(=O)c1ccc2c(c1)OCCO2. The van der Waals surface area contributed by atoms with Crippen molar-refractivity contribution in [3.05, 3.63) is 47.5 Å². The first-order chi connectivity index (χ1) is 12.9. The van der Waals surface area contributed by atoms with Crippen LogP contribution in [0.5, 0.6) is 11.5 Å². The molecule has 0 unspecified atom stereocenters. The highest BCUT2D eigenvalue weighted by Gasteiger charge is 2.27. The molecule has 0 amide bonds. The lowest BCUT2D eigenvalue weighted by molar-refractivity contribution is 0.0600. The molecule has 1 aliphatic heterocycles. The Labute approximate surface area is 158 Å². The molecule has 1 heterocycles. The number of esters is 1. The molecule has 1 aliphatic rings. The van der Waals surface area contributed by atoms with Gasteiger partial charge in [0.1, 0.15) is 13.2 Å². The van der Waals surface area contributed by atoms with Crippen molar-refractivity contribution >= 4 is 21.7 Å². The van der Waals surface area contributed by atoms with E-state index in [4.69, 9.17) is 14.2 Å². The van der Waals surface area contributed by atoms with E-state index in [1.807, 2.05) is 0 Å². The van der Waals surface area contributed by atoms with Gasteiger partial charge in [0.2, 0.25) is 0 Å². The van der Waals surface area contributed by atoms with Gasteiger partial charge in [-0.1, -0.05) is 6.07 Å². The summed E-state index contributed by atoms with van der Waals surface area (Å²) in [4.78, 5) is 11.9. The number of aryl methyl sites for hydroxylation is 1. The average molecular weight is 391 g/mol. The first-order valence-electron chi connectivity index (χ1n) is 8.50. The van der Waals surface area contributed by atoms with Gasteiger partial charge in [-0.3, -0.25) is 4.31 Å². The number of hydrogen-bond donors (Lipinski definition) is 0. The smallest absolute Gasteiger partial charge is 0.337 e. The highest BCUT2D eigenvalue weighted by atomic mass is 32.2. The minimum atomic E-state index is -3.86. The Hall–Kier alpha value is -2.74. The van der Waals surface area contributed by atoms with E-state index in [-0.39, 0.29) is 17.0 Å². The van der Waals surface area contributed by atoms with Crippen LogP contribution in [0, 0.1) is 6.92 Å². The number of hydrogen-bond acceptors (Lipinski definition) is 6. The minimum absolute atomic E-state index is 0.0940. The van der Waals surface area contributed by atoms with Gasteiger partial charge in [-0.25, -0.2) is 13.2 Å². The van der Waals surface area contributed by atoms with Gasteiger partial charge in [0.05, 0.1) is 23.3 Å². The zero-order chi connectivity index (χ0) is 19.6. The van der Waals surface area contributed by atoms with Crippen LogP contribution in [0.3, 0.4) is 0 Å². The van der Waals surface area contributed by atoms with Gasteiger partial charge in [-0.15, -0.1) is 0 Å². The fourth-order valence-corrected chi connectivity index (χ4v) is 4.45. The van der Waals surface area contributed by atoms with Crippen molar-refractivity contribution in [2.24, 2.45) is 0 Å². The van der Waals surface area contributed by atoms with E-state index >= 15 is 0 Å². The molecule has 2 aromatic rings. The first kappa shape index (κ1) is 19.0. The van der Waals surface area contributed by atoms with Gasteiger partial charge in [0.25, 0.3) is 10.0 Å². The molecule has 7 nitrogen and oxygen atoms in total. The number of rotatable bonds is 5. The van der Waals surface area contributed by atoms with Crippen molar-refractivity contribution in [3.63, 3.8) is 0 Å². The summed E-state index contributed by atoms with van der Waals surface area (Å²) in [5, 5.41) is 0. The summed E-state index contributed by atoms with van der Waals surface area (Å²) in [5.74, 6) is 0.398. The van der Waals surface area contributed by atoms with E-state index in [0.29, 0.717) is 30.4 Å². The van der Waals surface area contributed by atoms with Crippen LogP contribution in [0.1, 0.15) is 22.8 Å². The lowest BCUT2D eigenvalue weighted by Gasteiger charge is -2.26. The van der Waals surface area contributed by atoms with Crippen LogP contribution in [-0.2, 0) is 14.8 Å². The fraction of sp³-hybridized carbons (Fsp3) is 0.316. The van der Waals surface area contributed by atoms with Crippen molar-refractivity contribution in [1.29, 1.82) is 0 Å². The van der Waals surface area contributed by atoms with Gasteiger partial charge in [-0.2, -0.15) is 0 Å². The summed E-state index contributed by atoms with van der Waals surface area (Å²) in [7, 11) is -2.58. The molecular formula is C19H21NO6S. The maximum atomic E-state index is 13.3. The Bertz CT molecular complexity index is 970. The van der Waals surface area contributed by atoms with Crippen molar-refractivity contribution in [3.8, 4) is 11.5 Å². The minimum Gasteiger partial charge on any atom is -0.486 e. The maximum Gasteiger partial charge on any atom is 0.337 e.